The smallest absolute Gasteiger partial charge is 0.408 e. The Morgan fingerprint density at radius 2 is 1.94 bits per heavy atom. The van der Waals surface area contributed by atoms with E-state index in [4.69, 9.17) is 25.8 Å². The van der Waals surface area contributed by atoms with Crippen LogP contribution in [0.5, 0.6) is 11.5 Å². The summed E-state index contributed by atoms with van der Waals surface area (Å²) in [6.45, 7) is 4.91. The third kappa shape index (κ3) is 5.17. The summed E-state index contributed by atoms with van der Waals surface area (Å²) in [6.07, 6.45) is 1.19. The Hall–Kier alpha value is -2.72. The molecule has 1 atom stereocenters. The SMILES string of the molecule is CC(C)(C)OC(=O)NC12CCC(NC(=O)COc3cc(Cl)cc4c3OCC(=O)N4)(CC1)C[C@H]2O. The number of hydrogen-bond donors (Lipinski definition) is 4. The van der Waals surface area contributed by atoms with Gasteiger partial charge in [-0.05, 0) is 58.9 Å². The van der Waals surface area contributed by atoms with Crippen LogP contribution in [0.2, 0.25) is 5.02 Å². The summed E-state index contributed by atoms with van der Waals surface area (Å²) in [5, 5.41) is 19.7. The Bertz CT molecular complexity index is 999. The number of carbonyl (C=O) groups is 3. The number of rotatable bonds is 5. The number of ether oxygens (including phenoxy) is 3. The first-order valence-electron chi connectivity index (χ1n) is 11.3. The summed E-state index contributed by atoms with van der Waals surface area (Å²) in [6, 6.07) is 3.06. The first-order chi connectivity index (χ1) is 15.9. The van der Waals surface area contributed by atoms with Crippen molar-refractivity contribution in [2.24, 2.45) is 0 Å². The van der Waals surface area contributed by atoms with Gasteiger partial charge >= 0.3 is 6.09 Å². The average molecular weight is 496 g/mol. The monoisotopic (exact) mass is 495 g/mol. The maximum Gasteiger partial charge on any atom is 0.408 e. The molecule has 0 aromatic heterocycles. The average Bonchev–Trinajstić information content (AvgIpc) is 2.71. The number of benzene rings is 1. The van der Waals surface area contributed by atoms with Crippen LogP contribution in [0.4, 0.5) is 10.5 Å². The fourth-order valence-electron chi connectivity index (χ4n) is 4.89. The van der Waals surface area contributed by atoms with E-state index >= 15 is 0 Å². The molecule has 4 aliphatic rings. The second kappa shape index (κ2) is 8.81. The van der Waals surface area contributed by atoms with Crippen molar-refractivity contribution in [2.75, 3.05) is 18.5 Å². The number of aliphatic hydroxyl groups excluding tert-OH is 1. The summed E-state index contributed by atoms with van der Waals surface area (Å²) in [5.41, 5.74) is -1.58. The lowest BCUT2D eigenvalue weighted by molar-refractivity contribution is -0.130. The maximum atomic E-state index is 12.7. The van der Waals surface area contributed by atoms with E-state index in [1.54, 1.807) is 26.8 Å². The molecule has 11 heteroatoms. The van der Waals surface area contributed by atoms with Gasteiger partial charge in [0.05, 0.1) is 17.3 Å². The minimum Gasteiger partial charge on any atom is -0.480 e. The zero-order chi connectivity index (χ0) is 24.7. The van der Waals surface area contributed by atoms with Crippen molar-refractivity contribution >= 4 is 35.2 Å². The Kier molecular flexibility index (Phi) is 6.32. The van der Waals surface area contributed by atoms with E-state index in [1.807, 2.05) is 0 Å². The summed E-state index contributed by atoms with van der Waals surface area (Å²) in [7, 11) is 0. The van der Waals surface area contributed by atoms with Crippen molar-refractivity contribution < 1.29 is 33.7 Å². The second-order valence-corrected chi connectivity index (χ2v) is 10.7. The lowest BCUT2D eigenvalue weighted by atomic mass is 9.60. The van der Waals surface area contributed by atoms with E-state index in [1.165, 1.54) is 6.07 Å². The number of hydrogen-bond acceptors (Lipinski definition) is 7. The molecule has 4 N–H and O–H groups in total. The predicted molar refractivity (Wildman–Crippen MR) is 123 cm³/mol. The van der Waals surface area contributed by atoms with E-state index in [0.29, 0.717) is 48.6 Å². The Morgan fingerprint density at radius 1 is 1.24 bits per heavy atom. The molecular weight excluding hydrogens is 466 g/mol. The van der Waals surface area contributed by atoms with Crippen molar-refractivity contribution in [3.63, 3.8) is 0 Å². The number of fused-ring (bicyclic) bond motifs is 4. The van der Waals surface area contributed by atoms with Crippen LogP contribution in [0, 0.1) is 0 Å². The largest absolute Gasteiger partial charge is 0.480 e. The summed E-state index contributed by atoms with van der Waals surface area (Å²) >= 11 is 6.10. The molecule has 0 saturated heterocycles. The predicted octanol–water partition coefficient (Wildman–Crippen LogP) is 2.51. The minimum atomic E-state index is -0.819. The van der Waals surface area contributed by atoms with Crippen LogP contribution in [-0.2, 0) is 14.3 Å². The summed E-state index contributed by atoms with van der Waals surface area (Å²) in [4.78, 5) is 36.6. The standard InChI is InChI=1S/C23H30ClN3O7/c1-21(2,3)34-20(31)27-23-6-4-22(5-7-23,10-16(23)28)26-18(30)12-32-15-9-13(24)8-14-19(15)33-11-17(29)25-14/h8-9,16,28H,4-7,10-12H2,1-3H3,(H,25,29)(H,26,30)(H,27,31)/t16-,22?,23?/m1/s1. The molecule has 1 aromatic carbocycles. The molecule has 186 valence electrons. The van der Waals surface area contributed by atoms with Gasteiger partial charge in [0.2, 0.25) is 0 Å². The quantitative estimate of drug-likeness (QED) is 0.493. The van der Waals surface area contributed by atoms with Gasteiger partial charge in [-0.1, -0.05) is 11.6 Å². The minimum absolute atomic E-state index is 0.155. The molecule has 0 radical (unpaired) electrons. The van der Waals surface area contributed by atoms with Gasteiger partial charge in [0.15, 0.2) is 24.7 Å². The Morgan fingerprint density at radius 3 is 2.59 bits per heavy atom. The molecule has 34 heavy (non-hydrogen) atoms. The third-order valence-corrected chi connectivity index (χ3v) is 6.69. The summed E-state index contributed by atoms with van der Waals surface area (Å²) in [5.74, 6) is -0.0833. The van der Waals surface area contributed by atoms with Crippen molar-refractivity contribution in [1.82, 2.24) is 10.6 Å². The van der Waals surface area contributed by atoms with Crippen LogP contribution >= 0.6 is 11.6 Å². The fourth-order valence-corrected chi connectivity index (χ4v) is 5.09. The van der Waals surface area contributed by atoms with Crippen LogP contribution in [0.1, 0.15) is 52.9 Å². The number of aliphatic hydroxyl groups is 1. The molecule has 2 bridgehead atoms. The number of alkyl carbamates (subject to hydrolysis) is 1. The highest BCUT2D eigenvalue weighted by Crippen LogP contribution is 2.47. The van der Waals surface area contributed by atoms with Crippen LogP contribution in [0.3, 0.4) is 0 Å². The van der Waals surface area contributed by atoms with Crippen molar-refractivity contribution in [1.29, 1.82) is 0 Å². The van der Waals surface area contributed by atoms with Crippen molar-refractivity contribution in [3.8, 4) is 11.5 Å². The van der Waals surface area contributed by atoms with Gasteiger partial charge in [0.25, 0.3) is 11.8 Å². The third-order valence-electron chi connectivity index (χ3n) is 6.48. The molecule has 5 rings (SSSR count). The fraction of sp³-hybridized carbons (Fsp3) is 0.609. The van der Waals surface area contributed by atoms with Crippen LogP contribution in [0.25, 0.3) is 0 Å². The highest BCUT2D eigenvalue weighted by Gasteiger charge is 2.55. The zero-order valence-corrected chi connectivity index (χ0v) is 20.2. The lowest BCUT2D eigenvalue weighted by Crippen LogP contribution is -2.70. The van der Waals surface area contributed by atoms with E-state index in [-0.39, 0.29) is 30.8 Å². The van der Waals surface area contributed by atoms with Gasteiger partial charge < -0.3 is 35.3 Å². The molecule has 3 fully saturated rings. The zero-order valence-electron chi connectivity index (χ0n) is 19.5. The van der Waals surface area contributed by atoms with Gasteiger partial charge in [-0.15, -0.1) is 0 Å². The highest BCUT2D eigenvalue weighted by molar-refractivity contribution is 6.31. The first-order valence-corrected chi connectivity index (χ1v) is 11.7. The lowest BCUT2D eigenvalue weighted by Gasteiger charge is -2.56. The second-order valence-electron chi connectivity index (χ2n) is 10.2. The number of carbonyl (C=O) groups excluding carboxylic acids is 3. The maximum absolute atomic E-state index is 12.7. The number of anilines is 1. The van der Waals surface area contributed by atoms with E-state index in [0.717, 1.165) is 0 Å². The van der Waals surface area contributed by atoms with Crippen molar-refractivity contribution in [2.45, 2.75) is 75.7 Å². The molecule has 0 spiro atoms. The molecule has 0 unspecified atom stereocenters. The van der Waals surface area contributed by atoms with Gasteiger partial charge in [-0.25, -0.2) is 4.79 Å². The van der Waals surface area contributed by atoms with Gasteiger partial charge in [0.1, 0.15) is 5.60 Å². The van der Waals surface area contributed by atoms with Gasteiger partial charge in [-0.2, -0.15) is 0 Å². The molecule has 1 heterocycles. The number of amides is 3. The van der Waals surface area contributed by atoms with Gasteiger partial charge in [-0.3, -0.25) is 9.59 Å². The molecule has 3 aliphatic carbocycles. The molecule has 1 aromatic rings. The molecule has 3 amide bonds. The summed E-state index contributed by atoms with van der Waals surface area (Å²) < 4.78 is 16.5. The van der Waals surface area contributed by atoms with Crippen molar-refractivity contribution in [3.05, 3.63) is 17.2 Å². The first kappa shape index (κ1) is 24.4. The van der Waals surface area contributed by atoms with Crippen LogP contribution < -0.4 is 25.4 Å². The Labute approximate surface area is 202 Å². The van der Waals surface area contributed by atoms with Gasteiger partial charge in [0, 0.05) is 16.6 Å². The normalized spacial score (nSPS) is 27.7. The number of nitrogens with one attached hydrogen (secondary N) is 3. The van der Waals surface area contributed by atoms with E-state index in [2.05, 4.69) is 16.0 Å². The number of halogens is 1. The molecular formula is C23H30ClN3O7. The molecule has 10 nitrogen and oxygen atoms in total. The Balaban J connectivity index is 1.35. The topological polar surface area (TPSA) is 135 Å². The highest BCUT2D eigenvalue weighted by atomic mass is 35.5. The van der Waals surface area contributed by atoms with Crippen LogP contribution in [0.15, 0.2) is 12.1 Å². The molecule has 3 saturated carbocycles. The molecule has 1 aliphatic heterocycles. The van der Waals surface area contributed by atoms with E-state index < -0.39 is 28.9 Å². The van der Waals surface area contributed by atoms with Crippen LogP contribution in [-0.4, -0.2) is 59.0 Å². The van der Waals surface area contributed by atoms with E-state index in [9.17, 15) is 19.5 Å².